The molecule has 1 heterocycles. The monoisotopic (exact) mass is 325 g/mol. The molecular formula is C19H19NO4. The number of ether oxygens (including phenoxy) is 3. The zero-order chi connectivity index (χ0) is 17.1. The van der Waals surface area contributed by atoms with Gasteiger partial charge in [-0.15, -0.1) is 0 Å². The fraction of sp³-hybridized carbons (Fsp3) is 0.211. The Labute approximate surface area is 140 Å². The Morgan fingerprint density at radius 2 is 1.75 bits per heavy atom. The SMILES string of the molecule is COc1cc(C)c(COC(=O)c2cc3ccccc3[nH]2)cc1OC. The highest BCUT2D eigenvalue weighted by Crippen LogP contribution is 2.30. The number of H-pyrrole nitrogens is 1. The molecule has 1 N–H and O–H groups in total. The molecule has 0 spiro atoms. The number of fused-ring (bicyclic) bond motifs is 1. The minimum Gasteiger partial charge on any atom is -0.493 e. The summed E-state index contributed by atoms with van der Waals surface area (Å²) < 4.78 is 16.0. The lowest BCUT2D eigenvalue weighted by Gasteiger charge is -2.12. The normalized spacial score (nSPS) is 10.6. The number of aryl methyl sites for hydroxylation is 1. The van der Waals surface area contributed by atoms with Crippen LogP contribution >= 0.6 is 0 Å². The molecule has 0 aliphatic carbocycles. The number of aromatic amines is 1. The van der Waals surface area contributed by atoms with Crippen LogP contribution in [0.4, 0.5) is 0 Å². The average Bonchev–Trinajstić information content (AvgIpc) is 3.04. The van der Waals surface area contributed by atoms with E-state index in [0.29, 0.717) is 17.2 Å². The number of nitrogens with one attached hydrogen (secondary N) is 1. The van der Waals surface area contributed by atoms with Gasteiger partial charge in [-0.2, -0.15) is 0 Å². The molecular weight excluding hydrogens is 306 g/mol. The third kappa shape index (κ3) is 3.06. The van der Waals surface area contributed by atoms with Gasteiger partial charge in [0.2, 0.25) is 0 Å². The first-order valence-electron chi connectivity index (χ1n) is 7.58. The smallest absolute Gasteiger partial charge is 0.355 e. The number of aromatic nitrogens is 1. The second-order valence-corrected chi connectivity index (χ2v) is 5.48. The number of carbonyl (C=O) groups excluding carboxylic acids is 1. The number of hydrogen-bond acceptors (Lipinski definition) is 4. The highest BCUT2D eigenvalue weighted by atomic mass is 16.5. The molecule has 0 saturated heterocycles. The predicted molar refractivity (Wildman–Crippen MR) is 91.7 cm³/mol. The lowest BCUT2D eigenvalue weighted by Crippen LogP contribution is -2.06. The van der Waals surface area contributed by atoms with Crippen LogP contribution in [-0.2, 0) is 11.3 Å². The number of rotatable bonds is 5. The summed E-state index contributed by atoms with van der Waals surface area (Å²) in [4.78, 5) is 15.3. The molecule has 0 aliphatic rings. The van der Waals surface area contributed by atoms with Crippen molar-refractivity contribution in [1.29, 1.82) is 0 Å². The summed E-state index contributed by atoms with van der Waals surface area (Å²) in [7, 11) is 3.17. The summed E-state index contributed by atoms with van der Waals surface area (Å²) >= 11 is 0. The lowest BCUT2D eigenvalue weighted by atomic mass is 10.1. The summed E-state index contributed by atoms with van der Waals surface area (Å²) in [6, 6.07) is 13.2. The maximum atomic E-state index is 12.3. The molecule has 1 aromatic heterocycles. The van der Waals surface area contributed by atoms with Gasteiger partial charge in [-0.1, -0.05) is 18.2 Å². The van der Waals surface area contributed by atoms with Crippen LogP contribution in [-0.4, -0.2) is 25.2 Å². The Bertz CT molecular complexity index is 849. The van der Waals surface area contributed by atoms with Crippen LogP contribution in [0.25, 0.3) is 10.9 Å². The van der Waals surface area contributed by atoms with Gasteiger partial charge in [0.25, 0.3) is 0 Å². The van der Waals surface area contributed by atoms with Gasteiger partial charge in [-0.25, -0.2) is 4.79 Å². The standard InChI is InChI=1S/C19H19NO4/c1-12-8-17(22-2)18(23-3)10-14(12)11-24-19(21)16-9-13-6-4-5-7-15(13)20-16/h4-10,20H,11H2,1-3H3. The van der Waals surface area contributed by atoms with Crippen LogP contribution in [0.3, 0.4) is 0 Å². The van der Waals surface area contributed by atoms with E-state index in [0.717, 1.165) is 22.0 Å². The largest absolute Gasteiger partial charge is 0.493 e. The van der Waals surface area contributed by atoms with E-state index in [1.807, 2.05) is 43.3 Å². The van der Waals surface area contributed by atoms with Crippen LogP contribution in [0, 0.1) is 6.92 Å². The van der Waals surface area contributed by atoms with Gasteiger partial charge < -0.3 is 19.2 Å². The molecule has 0 aliphatic heterocycles. The van der Waals surface area contributed by atoms with Gasteiger partial charge in [0, 0.05) is 10.9 Å². The van der Waals surface area contributed by atoms with E-state index in [2.05, 4.69) is 4.98 Å². The topological polar surface area (TPSA) is 60.5 Å². The lowest BCUT2D eigenvalue weighted by molar-refractivity contribution is 0.0466. The number of benzene rings is 2. The van der Waals surface area contributed by atoms with Gasteiger partial charge in [0.15, 0.2) is 11.5 Å². The summed E-state index contributed by atoms with van der Waals surface area (Å²) in [5.74, 6) is 0.876. The molecule has 0 unspecified atom stereocenters. The minimum atomic E-state index is -0.389. The van der Waals surface area contributed by atoms with Crippen LogP contribution in [0.2, 0.25) is 0 Å². The molecule has 24 heavy (non-hydrogen) atoms. The van der Waals surface area contributed by atoms with Gasteiger partial charge in [0.1, 0.15) is 12.3 Å². The van der Waals surface area contributed by atoms with Crippen molar-refractivity contribution < 1.29 is 19.0 Å². The van der Waals surface area contributed by atoms with Crippen molar-refractivity contribution in [2.45, 2.75) is 13.5 Å². The molecule has 5 nitrogen and oxygen atoms in total. The first-order chi connectivity index (χ1) is 11.6. The van der Waals surface area contributed by atoms with Crippen molar-refractivity contribution >= 4 is 16.9 Å². The first-order valence-corrected chi connectivity index (χ1v) is 7.58. The molecule has 0 bridgehead atoms. The van der Waals surface area contributed by atoms with Crippen molar-refractivity contribution in [3.63, 3.8) is 0 Å². The molecule has 0 atom stereocenters. The second-order valence-electron chi connectivity index (χ2n) is 5.48. The number of esters is 1. The van der Waals surface area contributed by atoms with E-state index >= 15 is 0 Å². The molecule has 0 fully saturated rings. The Morgan fingerprint density at radius 3 is 2.46 bits per heavy atom. The molecule has 5 heteroatoms. The highest BCUT2D eigenvalue weighted by molar-refractivity contribution is 5.94. The van der Waals surface area contributed by atoms with Gasteiger partial charge in [-0.3, -0.25) is 0 Å². The number of carbonyl (C=O) groups is 1. The molecule has 0 radical (unpaired) electrons. The third-order valence-electron chi connectivity index (χ3n) is 3.95. The van der Waals surface area contributed by atoms with E-state index in [9.17, 15) is 4.79 Å². The van der Waals surface area contributed by atoms with Crippen molar-refractivity contribution in [2.24, 2.45) is 0 Å². The van der Waals surface area contributed by atoms with Gasteiger partial charge in [-0.05, 0) is 42.3 Å². The van der Waals surface area contributed by atoms with E-state index in [4.69, 9.17) is 14.2 Å². The van der Waals surface area contributed by atoms with Crippen molar-refractivity contribution in [3.8, 4) is 11.5 Å². The molecule has 2 aromatic carbocycles. The van der Waals surface area contributed by atoms with E-state index in [1.54, 1.807) is 20.3 Å². The van der Waals surface area contributed by atoms with Crippen LogP contribution in [0.15, 0.2) is 42.5 Å². The quantitative estimate of drug-likeness (QED) is 0.724. The Hall–Kier alpha value is -2.95. The van der Waals surface area contributed by atoms with E-state index in [1.165, 1.54) is 0 Å². The van der Waals surface area contributed by atoms with Crippen molar-refractivity contribution in [3.05, 3.63) is 59.3 Å². The Balaban J connectivity index is 1.76. The van der Waals surface area contributed by atoms with Gasteiger partial charge in [0.05, 0.1) is 14.2 Å². The first kappa shape index (κ1) is 15.9. The highest BCUT2D eigenvalue weighted by Gasteiger charge is 2.13. The maximum Gasteiger partial charge on any atom is 0.355 e. The van der Waals surface area contributed by atoms with Gasteiger partial charge >= 0.3 is 5.97 Å². The van der Waals surface area contributed by atoms with Crippen LogP contribution in [0.1, 0.15) is 21.6 Å². The number of hydrogen-bond donors (Lipinski definition) is 1. The third-order valence-corrected chi connectivity index (χ3v) is 3.95. The van der Waals surface area contributed by atoms with Crippen LogP contribution < -0.4 is 9.47 Å². The zero-order valence-corrected chi connectivity index (χ0v) is 13.9. The second kappa shape index (κ2) is 6.66. The summed E-state index contributed by atoms with van der Waals surface area (Å²) in [5, 5.41) is 0.978. The van der Waals surface area contributed by atoms with E-state index in [-0.39, 0.29) is 12.6 Å². The summed E-state index contributed by atoms with van der Waals surface area (Å²) in [6.07, 6.45) is 0. The molecule has 3 aromatic rings. The molecule has 124 valence electrons. The zero-order valence-electron chi connectivity index (χ0n) is 13.9. The van der Waals surface area contributed by atoms with E-state index < -0.39 is 0 Å². The maximum absolute atomic E-state index is 12.3. The molecule has 0 amide bonds. The summed E-state index contributed by atoms with van der Waals surface area (Å²) in [6.45, 7) is 2.11. The minimum absolute atomic E-state index is 0.167. The van der Waals surface area contributed by atoms with Crippen LogP contribution in [0.5, 0.6) is 11.5 Å². The fourth-order valence-electron chi connectivity index (χ4n) is 2.58. The van der Waals surface area contributed by atoms with Crippen molar-refractivity contribution in [2.75, 3.05) is 14.2 Å². The van der Waals surface area contributed by atoms with Crippen molar-refractivity contribution in [1.82, 2.24) is 4.98 Å². The average molecular weight is 325 g/mol. The Morgan fingerprint density at radius 1 is 1.04 bits per heavy atom. The Kier molecular flexibility index (Phi) is 4.42. The fourth-order valence-corrected chi connectivity index (χ4v) is 2.58. The summed E-state index contributed by atoms with van der Waals surface area (Å²) in [5.41, 5.74) is 3.19. The predicted octanol–water partition coefficient (Wildman–Crippen LogP) is 3.85. The molecule has 0 saturated carbocycles. The number of para-hydroxylation sites is 1. The molecule has 3 rings (SSSR count). The number of methoxy groups -OCH3 is 2.